The fraction of sp³-hybridized carbons (Fsp3) is 0.385. The molecule has 0 atom stereocenters. The van der Waals surface area contributed by atoms with Gasteiger partial charge in [-0.05, 0) is 31.7 Å². The van der Waals surface area contributed by atoms with Crippen LogP contribution in [0, 0.1) is 12.7 Å². The lowest BCUT2D eigenvalue weighted by Crippen LogP contribution is -2.09. The molecule has 1 aromatic carbocycles. The van der Waals surface area contributed by atoms with Gasteiger partial charge in [-0.1, -0.05) is 11.3 Å². The lowest BCUT2D eigenvalue weighted by molar-refractivity contribution is 0.276. The predicted molar refractivity (Wildman–Crippen MR) is 69.4 cm³/mol. The van der Waals surface area contributed by atoms with Crippen molar-refractivity contribution in [2.75, 3.05) is 13.7 Å². The highest BCUT2D eigenvalue weighted by Crippen LogP contribution is 2.18. The maximum absolute atomic E-state index is 13.4. The predicted octanol–water partition coefficient (Wildman–Crippen LogP) is 1.52. The number of hydrogen-bond donors (Lipinski definition) is 1. The van der Waals surface area contributed by atoms with Gasteiger partial charge in [0.15, 0.2) is 11.6 Å². The van der Waals surface area contributed by atoms with Crippen LogP contribution in [0.25, 0.3) is 0 Å². The van der Waals surface area contributed by atoms with Gasteiger partial charge in [0.2, 0.25) is 0 Å². The molecule has 0 spiro atoms. The molecule has 5 nitrogen and oxygen atoms in total. The summed E-state index contributed by atoms with van der Waals surface area (Å²) in [6, 6.07) is 4.80. The number of nitrogens with zero attached hydrogens (tertiary/aromatic N) is 3. The van der Waals surface area contributed by atoms with E-state index in [4.69, 9.17) is 4.74 Å². The normalized spacial score (nSPS) is 10.7. The quantitative estimate of drug-likeness (QED) is 0.859. The van der Waals surface area contributed by atoms with Crippen LogP contribution in [0.2, 0.25) is 0 Å². The molecule has 0 saturated carbocycles. The molecule has 1 aromatic heterocycles. The van der Waals surface area contributed by atoms with Gasteiger partial charge in [-0.15, -0.1) is 5.10 Å². The lowest BCUT2D eigenvalue weighted by Gasteiger charge is -2.07. The highest BCUT2D eigenvalue weighted by Gasteiger charge is 2.04. The van der Waals surface area contributed by atoms with E-state index in [1.165, 1.54) is 6.07 Å². The van der Waals surface area contributed by atoms with E-state index in [0.717, 1.165) is 11.3 Å². The maximum Gasteiger partial charge on any atom is 0.165 e. The molecule has 102 valence electrons. The number of rotatable bonds is 6. The Kier molecular flexibility index (Phi) is 4.46. The minimum absolute atomic E-state index is 0.274. The fourth-order valence-corrected chi connectivity index (χ4v) is 1.68. The van der Waals surface area contributed by atoms with Crippen molar-refractivity contribution in [3.8, 4) is 5.75 Å². The van der Waals surface area contributed by atoms with Crippen LogP contribution in [0.5, 0.6) is 5.75 Å². The van der Waals surface area contributed by atoms with Crippen molar-refractivity contribution in [2.24, 2.45) is 0 Å². The van der Waals surface area contributed by atoms with Crippen LogP contribution in [0.15, 0.2) is 24.4 Å². The van der Waals surface area contributed by atoms with Crippen molar-refractivity contribution in [3.05, 3.63) is 41.5 Å². The Balaban J connectivity index is 1.87. The van der Waals surface area contributed by atoms with Crippen LogP contribution in [-0.4, -0.2) is 28.6 Å². The molecule has 0 aliphatic rings. The SMILES string of the molecule is CNCc1cn(CCOc2cc(C)ccc2F)nn1. The van der Waals surface area contributed by atoms with Gasteiger partial charge in [0.05, 0.1) is 12.2 Å². The molecule has 0 aliphatic carbocycles. The van der Waals surface area contributed by atoms with Gasteiger partial charge in [0.1, 0.15) is 6.61 Å². The molecule has 0 radical (unpaired) electrons. The Morgan fingerprint density at radius 1 is 1.42 bits per heavy atom. The third-order valence-electron chi connectivity index (χ3n) is 2.61. The molecule has 2 aromatic rings. The zero-order valence-corrected chi connectivity index (χ0v) is 11.1. The standard InChI is InChI=1S/C13H17FN4O/c1-10-3-4-12(14)13(7-10)19-6-5-18-9-11(8-15-2)16-17-18/h3-4,7,9,15H,5-6,8H2,1-2H3. The molecule has 1 N–H and O–H groups in total. The largest absolute Gasteiger partial charge is 0.489 e. The second-order valence-electron chi connectivity index (χ2n) is 4.29. The van der Waals surface area contributed by atoms with E-state index in [1.54, 1.807) is 16.8 Å². The van der Waals surface area contributed by atoms with E-state index in [-0.39, 0.29) is 11.6 Å². The fourth-order valence-electron chi connectivity index (χ4n) is 1.68. The number of nitrogens with one attached hydrogen (secondary N) is 1. The van der Waals surface area contributed by atoms with Crippen LogP contribution in [0.1, 0.15) is 11.3 Å². The van der Waals surface area contributed by atoms with E-state index < -0.39 is 0 Å². The number of aryl methyl sites for hydroxylation is 1. The Labute approximate surface area is 111 Å². The summed E-state index contributed by atoms with van der Waals surface area (Å²) in [5.41, 5.74) is 1.83. The average molecular weight is 264 g/mol. The monoisotopic (exact) mass is 264 g/mol. The maximum atomic E-state index is 13.4. The minimum atomic E-state index is -0.347. The van der Waals surface area contributed by atoms with E-state index in [0.29, 0.717) is 19.7 Å². The van der Waals surface area contributed by atoms with Crippen molar-refractivity contribution < 1.29 is 9.13 Å². The lowest BCUT2D eigenvalue weighted by atomic mass is 10.2. The molecule has 1 heterocycles. The van der Waals surface area contributed by atoms with E-state index in [9.17, 15) is 4.39 Å². The van der Waals surface area contributed by atoms with E-state index in [1.807, 2.05) is 20.2 Å². The summed E-state index contributed by atoms with van der Waals surface area (Å²) < 4.78 is 20.5. The first-order valence-corrected chi connectivity index (χ1v) is 6.11. The summed E-state index contributed by atoms with van der Waals surface area (Å²) in [7, 11) is 1.85. The third-order valence-corrected chi connectivity index (χ3v) is 2.61. The van der Waals surface area contributed by atoms with Crippen LogP contribution < -0.4 is 10.1 Å². The first-order valence-electron chi connectivity index (χ1n) is 6.11. The van der Waals surface area contributed by atoms with Gasteiger partial charge in [-0.2, -0.15) is 0 Å². The van der Waals surface area contributed by atoms with Gasteiger partial charge in [0.25, 0.3) is 0 Å². The van der Waals surface area contributed by atoms with Crippen molar-refractivity contribution in [1.29, 1.82) is 0 Å². The molecule has 0 aliphatic heterocycles. The Morgan fingerprint density at radius 3 is 3.05 bits per heavy atom. The van der Waals surface area contributed by atoms with Gasteiger partial charge in [0, 0.05) is 12.7 Å². The molecule has 0 saturated heterocycles. The van der Waals surface area contributed by atoms with Gasteiger partial charge >= 0.3 is 0 Å². The Hall–Kier alpha value is -1.95. The second-order valence-corrected chi connectivity index (χ2v) is 4.29. The summed E-state index contributed by atoms with van der Waals surface area (Å²) in [5, 5.41) is 10.9. The molecular weight excluding hydrogens is 247 g/mol. The van der Waals surface area contributed by atoms with Crippen LogP contribution in [0.4, 0.5) is 4.39 Å². The van der Waals surface area contributed by atoms with Gasteiger partial charge < -0.3 is 10.1 Å². The molecule has 0 fully saturated rings. The number of aromatic nitrogens is 3. The Morgan fingerprint density at radius 2 is 2.26 bits per heavy atom. The zero-order chi connectivity index (χ0) is 13.7. The number of halogens is 1. The minimum Gasteiger partial charge on any atom is -0.489 e. The molecule has 6 heteroatoms. The van der Waals surface area contributed by atoms with Gasteiger partial charge in [-0.3, -0.25) is 0 Å². The van der Waals surface area contributed by atoms with Crippen LogP contribution >= 0.6 is 0 Å². The highest BCUT2D eigenvalue weighted by atomic mass is 19.1. The first-order chi connectivity index (χ1) is 9.19. The molecule has 19 heavy (non-hydrogen) atoms. The molecule has 0 amide bonds. The van der Waals surface area contributed by atoms with Crippen molar-refractivity contribution >= 4 is 0 Å². The smallest absolute Gasteiger partial charge is 0.165 e. The molecular formula is C13H17FN4O. The summed E-state index contributed by atoms with van der Waals surface area (Å²) in [4.78, 5) is 0. The summed E-state index contributed by atoms with van der Waals surface area (Å²) in [6.07, 6.45) is 1.84. The van der Waals surface area contributed by atoms with Crippen molar-refractivity contribution in [3.63, 3.8) is 0 Å². The summed E-state index contributed by atoms with van der Waals surface area (Å²) in [5.74, 6) is -0.0735. The summed E-state index contributed by atoms with van der Waals surface area (Å²) in [6.45, 7) is 3.45. The third kappa shape index (κ3) is 3.75. The van der Waals surface area contributed by atoms with Crippen LogP contribution in [0.3, 0.4) is 0 Å². The summed E-state index contributed by atoms with van der Waals surface area (Å²) >= 11 is 0. The van der Waals surface area contributed by atoms with E-state index in [2.05, 4.69) is 15.6 Å². The number of hydrogen-bond acceptors (Lipinski definition) is 4. The second kappa shape index (κ2) is 6.29. The molecule has 2 rings (SSSR count). The van der Waals surface area contributed by atoms with Crippen molar-refractivity contribution in [2.45, 2.75) is 20.0 Å². The zero-order valence-electron chi connectivity index (χ0n) is 11.1. The van der Waals surface area contributed by atoms with Crippen molar-refractivity contribution in [1.82, 2.24) is 20.3 Å². The molecule has 0 bridgehead atoms. The van der Waals surface area contributed by atoms with Gasteiger partial charge in [-0.25, -0.2) is 9.07 Å². The van der Waals surface area contributed by atoms with Crippen LogP contribution in [-0.2, 0) is 13.1 Å². The molecule has 0 unspecified atom stereocenters. The number of benzene rings is 1. The average Bonchev–Trinajstić information content (AvgIpc) is 2.82. The van der Waals surface area contributed by atoms with E-state index >= 15 is 0 Å². The number of ether oxygens (including phenoxy) is 1. The topological polar surface area (TPSA) is 52.0 Å². The highest BCUT2D eigenvalue weighted by molar-refractivity contribution is 5.29. The Bertz CT molecular complexity index is 541. The first kappa shape index (κ1) is 13.5.